The van der Waals surface area contributed by atoms with Gasteiger partial charge < -0.3 is 10.1 Å². The van der Waals surface area contributed by atoms with Gasteiger partial charge in [0.05, 0.1) is 7.11 Å². The van der Waals surface area contributed by atoms with Crippen LogP contribution in [0.5, 0.6) is 0 Å². The van der Waals surface area contributed by atoms with E-state index in [4.69, 9.17) is 0 Å². The van der Waals surface area contributed by atoms with E-state index in [1.165, 1.54) is 12.7 Å². The Hall–Kier alpha value is -1.84. The zero-order valence-electron chi connectivity index (χ0n) is 11.0. The van der Waals surface area contributed by atoms with Crippen molar-refractivity contribution in [2.24, 2.45) is 0 Å². The minimum atomic E-state index is -0.525. The molecule has 0 saturated heterocycles. The minimum Gasteiger partial charge on any atom is -0.469 e. The topological polar surface area (TPSA) is 55.4 Å². The van der Waals surface area contributed by atoms with Gasteiger partial charge in [0.15, 0.2) is 0 Å². The summed E-state index contributed by atoms with van der Waals surface area (Å²) in [5.74, 6) is -0.356. The average Bonchev–Trinajstić information content (AvgIpc) is 2.36. The molecule has 4 heteroatoms. The Balaban J connectivity index is 2.44. The molecule has 0 aliphatic heterocycles. The van der Waals surface area contributed by atoms with Crippen LogP contribution in [0, 0.1) is 0 Å². The van der Waals surface area contributed by atoms with Crippen molar-refractivity contribution in [2.45, 2.75) is 32.7 Å². The Morgan fingerprint density at radius 3 is 2.33 bits per heavy atom. The first-order valence-corrected chi connectivity index (χ1v) is 5.95. The second-order valence-electron chi connectivity index (χ2n) is 4.43. The molecule has 1 rings (SSSR count). The Kier molecular flexibility index (Phi) is 5.36. The highest BCUT2D eigenvalue weighted by Crippen LogP contribution is 2.14. The molecule has 1 aromatic carbocycles. The molecule has 18 heavy (non-hydrogen) atoms. The molecule has 4 nitrogen and oxygen atoms in total. The molecule has 1 amide bonds. The molecule has 98 valence electrons. The van der Waals surface area contributed by atoms with E-state index < -0.39 is 5.97 Å². The standard InChI is InChI=1S/C14H19NO3/c1-10(2)12-6-4-11(5-7-12)9-15-13(16)8-14(17)18-3/h4-7,10H,8-9H2,1-3H3,(H,15,16). The summed E-state index contributed by atoms with van der Waals surface area (Å²) in [6.45, 7) is 4.69. The minimum absolute atomic E-state index is 0.236. The number of rotatable bonds is 5. The lowest BCUT2D eigenvalue weighted by Gasteiger charge is -2.08. The van der Waals surface area contributed by atoms with Gasteiger partial charge in [-0.15, -0.1) is 0 Å². The third kappa shape index (κ3) is 4.57. The summed E-state index contributed by atoms with van der Waals surface area (Å²) in [6, 6.07) is 8.06. The number of carbonyl (C=O) groups excluding carboxylic acids is 2. The van der Waals surface area contributed by atoms with E-state index in [-0.39, 0.29) is 12.3 Å². The largest absolute Gasteiger partial charge is 0.469 e. The van der Waals surface area contributed by atoms with Gasteiger partial charge in [0.2, 0.25) is 5.91 Å². The number of methoxy groups -OCH3 is 1. The van der Waals surface area contributed by atoms with Gasteiger partial charge in [0.25, 0.3) is 0 Å². The van der Waals surface area contributed by atoms with Crippen LogP contribution in [-0.4, -0.2) is 19.0 Å². The first kappa shape index (κ1) is 14.2. The fourth-order valence-electron chi connectivity index (χ4n) is 1.49. The van der Waals surface area contributed by atoms with Crippen molar-refractivity contribution < 1.29 is 14.3 Å². The van der Waals surface area contributed by atoms with Crippen molar-refractivity contribution >= 4 is 11.9 Å². The van der Waals surface area contributed by atoms with Crippen LogP contribution in [0.2, 0.25) is 0 Å². The normalized spacial score (nSPS) is 10.2. The number of nitrogens with one attached hydrogen (secondary N) is 1. The Labute approximate surface area is 107 Å². The van der Waals surface area contributed by atoms with Gasteiger partial charge >= 0.3 is 5.97 Å². The van der Waals surface area contributed by atoms with Crippen molar-refractivity contribution in [2.75, 3.05) is 7.11 Å². The van der Waals surface area contributed by atoms with Gasteiger partial charge in [0, 0.05) is 6.54 Å². The van der Waals surface area contributed by atoms with Crippen LogP contribution in [0.3, 0.4) is 0 Å². The van der Waals surface area contributed by atoms with Crippen LogP contribution >= 0.6 is 0 Å². The summed E-state index contributed by atoms with van der Waals surface area (Å²) in [7, 11) is 1.26. The van der Waals surface area contributed by atoms with Crippen LogP contribution in [0.1, 0.15) is 37.3 Å². The molecule has 1 aromatic rings. The highest BCUT2D eigenvalue weighted by Gasteiger charge is 2.08. The lowest BCUT2D eigenvalue weighted by molar-refractivity contribution is -0.143. The fourth-order valence-corrected chi connectivity index (χ4v) is 1.49. The molecule has 0 saturated carbocycles. The molecule has 0 aromatic heterocycles. The summed E-state index contributed by atoms with van der Waals surface area (Å²) in [5.41, 5.74) is 2.28. The molecule has 0 radical (unpaired) electrons. The highest BCUT2D eigenvalue weighted by atomic mass is 16.5. The number of benzene rings is 1. The molecular formula is C14H19NO3. The molecule has 0 fully saturated rings. The molecule has 0 aliphatic carbocycles. The first-order chi connectivity index (χ1) is 8.52. The van der Waals surface area contributed by atoms with Crippen LogP contribution in [-0.2, 0) is 20.9 Å². The summed E-state index contributed by atoms with van der Waals surface area (Å²) < 4.78 is 4.42. The molecule has 0 heterocycles. The smallest absolute Gasteiger partial charge is 0.315 e. The fraction of sp³-hybridized carbons (Fsp3) is 0.429. The Bertz CT molecular complexity index is 410. The summed E-state index contributed by atoms with van der Waals surface area (Å²) in [4.78, 5) is 22.2. The monoisotopic (exact) mass is 249 g/mol. The molecule has 1 N–H and O–H groups in total. The highest BCUT2D eigenvalue weighted by molar-refractivity contribution is 5.94. The van der Waals surface area contributed by atoms with E-state index in [2.05, 4.69) is 23.9 Å². The Morgan fingerprint density at radius 2 is 1.83 bits per heavy atom. The van der Waals surface area contributed by atoms with Crippen molar-refractivity contribution in [3.05, 3.63) is 35.4 Å². The molecule has 0 bridgehead atoms. The van der Waals surface area contributed by atoms with Gasteiger partial charge in [-0.25, -0.2) is 0 Å². The molecule has 0 spiro atoms. The number of ether oxygens (including phenoxy) is 1. The predicted molar refractivity (Wildman–Crippen MR) is 69.0 cm³/mol. The number of hydrogen-bond donors (Lipinski definition) is 1. The van der Waals surface area contributed by atoms with Crippen molar-refractivity contribution in [1.29, 1.82) is 0 Å². The SMILES string of the molecule is COC(=O)CC(=O)NCc1ccc(C(C)C)cc1. The first-order valence-electron chi connectivity index (χ1n) is 5.95. The third-order valence-electron chi connectivity index (χ3n) is 2.67. The number of carbonyl (C=O) groups is 2. The number of hydrogen-bond acceptors (Lipinski definition) is 3. The molecule has 0 atom stereocenters. The molecule has 0 aliphatic rings. The van der Waals surface area contributed by atoms with Gasteiger partial charge in [-0.3, -0.25) is 9.59 Å². The van der Waals surface area contributed by atoms with E-state index in [1.807, 2.05) is 24.3 Å². The maximum atomic E-state index is 11.3. The lowest BCUT2D eigenvalue weighted by atomic mass is 10.0. The van der Waals surface area contributed by atoms with Crippen LogP contribution in [0.4, 0.5) is 0 Å². The molecule has 0 unspecified atom stereocenters. The second-order valence-corrected chi connectivity index (χ2v) is 4.43. The van der Waals surface area contributed by atoms with E-state index in [0.29, 0.717) is 12.5 Å². The van der Waals surface area contributed by atoms with Crippen molar-refractivity contribution in [1.82, 2.24) is 5.32 Å². The van der Waals surface area contributed by atoms with Crippen LogP contribution in [0.15, 0.2) is 24.3 Å². The lowest BCUT2D eigenvalue weighted by Crippen LogP contribution is -2.25. The van der Waals surface area contributed by atoms with E-state index >= 15 is 0 Å². The van der Waals surface area contributed by atoms with Crippen LogP contribution < -0.4 is 5.32 Å². The predicted octanol–water partition coefficient (Wildman–Crippen LogP) is 1.99. The maximum absolute atomic E-state index is 11.3. The average molecular weight is 249 g/mol. The maximum Gasteiger partial charge on any atom is 0.315 e. The number of esters is 1. The van der Waals surface area contributed by atoms with E-state index in [1.54, 1.807) is 0 Å². The van der Waals surface area contributed by atoms with E-state index in [9.17, 15) is 9.59 Å². The van der Waals surface area contributed by atoms with Crippen molar-refractivity contribution in [3.63, 3.8) is 0 Å². The van der Waals surface area contributed by atoms with Gasteiger partial charge in [-0.2, -0.15) is 0 Å². The van der Waals surface area contributed by atoms with Crippen molar-refractivity contribution in [3.8, 4) is 0 Å². The summed E-state index contributed by atoms with van der Waals surface area (Å²) >= 11 is 0. The van der Waals surface area contributed by atoms with Gasteiger partial charge in [-0.05, 0) is 17.0 Å². The zero-order valence-corrected chi connectivity index (χ0v) is 11.0. The van der Waals surface area contributed by atoms with E-state index in [0.717, 1.165) is 5.56 Å². The summed E-state index contributed by atoms with van der Waals surface area (Å²) in [6.07, 6.45) is -0.236. The van der Waals surface area contributed by atoms with Crippen LogP contribution in [0.25, 0.3) is 0 Å². The number of amides is 1. The van der Waals surface area contributed by atoms with Gasteiger partial charge in [-0.1, -0.05) is 38.1 Å². The van der Waals surface area contributed by atoms with Gasteiger partial charge in [0.1, 0.15) is 6.42 Å². The third-order valence-corrected chi connectivity index (χ3v) is 2.67. The quantitative estimate of drug-likeness (QED) is 0.641. The molecular weight excluding hydrogens is 230 g/mol. The zero-order chi connectivity index (χ0) is 13.5. The summed E-state index contributed by atoms with van der Waals surface area (Å²) in [5, 5.41) is 2.67. The Morgan fingerprint density at radius 1 is 1.22 bits per heavy atom. The second kappa shape index (κ2) is 6.79.